The summed E-state index contributed by atoms with van der Waals surface area (Å²) >= 11 is 5.07. The summed E-state index contributed by atoms with van der Waals surface area (Å²) in [5, 5.41) is 6.15. The van der Waals surface area contributed by atoms with Gasteiger partial charge in [-0.05, 0) is 34.1 Å². The lowest BCUT2D eigenvalue weighted by Gasteiger charge is -2.04. The average Bonchev–Trinajstić information content (AvgIpc) is 2.88. The maximum Gasteiger partial charge on any atom is 0.183 e. The van der Waals surface area contributed by atoms with Crippen LogP contribution in [-0.4, -0.2) is 32.4 Å². The lowest BCUT2D eigenvalue weighted by molar-refractivity contribution is 0.211. The number of nitrogens with one attached hydrogen (secondary N) is 1. The van der Waals surface area contributed by atoms with Crippen LogP contribution in [0, 0.1) is 0 Å². The van der Waals surface area contributed by atoms with Gasteiger partial charge >= 0.3 is 0 Å². The van der Waals surface area contributed by atoms with Crippen LogP contribution in [0.3, 0.4) is 0 Å². The molecule has 0 amide bonds. The molecular weight excluding hydrogens is 328 g/mol. The van der Waals surface area contributed by atoms with Gasteiger partial charge in [0, 0.05) is 24.6 Å². The van der Waals surface area contributed by atoms with Gasteiger partial charge in [0.1, 0.15) is 5.75 Å². The third-order valence-electron chi connectivity index (χ3n) is 2.53. The predicted molar refractivity (Wildman–Crippen MR) is 82.2 cm³/mol. The highest BCUT2D eigenvalue weighted by Crippen LogP contribution is 2.31. The van der Waals surface area contributed by atoms with Gasteiger partial charge in [0.25, 0.3) is 0 Å². The van der Waals surface area contributed by atoms with Crippen LogP contribution in [-0.2, 0) is 4.74 Å². The largest absolute Gasteiger partial charge is 0.496 e. The Morgan fingerprint density at radius 1 is 1.37 bits per heavy atom. The summed E-state index contributed by atoms with van der Waals surface area (Å²) in [6, 6.07) is 5.93. The second kappa shape index (κ2) is 6.88. The molecule has 6 heteroatoms. The zero-order valence-electron chi connectivity index (χ0n) is 10.8. The Balaban J connectivity index is 2.11. The van der Waals surface area contributed by atoms with Crippen LogP contribution in [0.25, 0.3) is 11.3 Å². The van der Waals surface area contributed by atoms with Gasteiger partial charge in [-0.2, -0.15) is 0 Å². The number of thiazole rings is 1. The minimum atomic E-state index is 0.670. The quantitative estimate of drug-likeness (QED) is 0.814. The Hall–Kier alpha value is -1.11. The fourth-order valence-electron chi connectivity index (χ4n) is 1.57. The van der Waals surface area contributed by atoms with E-state index in [1.54, 1.807) is 25.6 Å². The monoisotopic (exact) mass is 342 g/mol. The molecule has 102 valence electrons. The van der Waals surface area contributed by atoms with E-state index in [4.69, 9.17) is 9.47 Å². The van der Waals surface area contributed by atoms with Crippen LogP contribution < -0.4 is 10.1 Å². The van der Waals surface area contributed by atoms with Crippen LogP contribution in [0.15, 0.2) is 28.1 Å². The Labute approximate surface area is 124 Å². The van der Waals surface area contributed by atoms with E-state index >= 15 is 0 Å². The summed E-state index contributed by atoms with van der Waals surface area (Å²) in [4.78, 5) is 4.54. The Morgan fingerprint density at radius 3 is 2.89 bits per heavy atom. The minimum Gasteiger partial charge on any atom is -0.496 e. The highest BCUT2D eigenvalue weighted by atomic mass is 79.9. The zero-order chi connectivity index (χ0) is 13.7. The minimum absolute atomic E-state index is 0.670. The van der Waals surface area contributed by atoms with E-state index in [9.17, 15) is 0 Å². The molecule has 1 aromatic carbocycles. The molecule has 2 rings (SSSR count). The molecule has 0 spiro atoms. The van der Waals surface area contributed by atoms with Gasteiger partial charge in [-0.3, -0.25) is 0 Å². The van der Waals surface area contributed by atoms with E-state index in [2.05, 4.69) is 26.2 Å². The molecule has 0 fully saturated rings. The van der Waals surface area contributed by atoms with Crippen LogP contribution in [0.1, 0.15) is 0 Å². The highest BCUT2D eigenvalue weighted by molar-refractivity contribution is 9.10. The number of rotatable bonds is 6. The Morgan fingerprint density at radius 2 is 2.21 bits per heavy atom. The summed E-state index contributed by atoms with van der Waals surface area (Å²) in [6.45, 7) is 1.43. The summed E-state index contributed by atoms with van der Waals surface area (Å²) in [7, 11) is 3.34. The molecule has 0 saturated carbocycles. The number of halogens is 1. The lowest BCUT2D eigenvalue weighted by Crippen LogP contribution is -2.06. The summed E-state index contributed by atoms with van der Waals surface area (Å²) in [5.41, 5.74) is 2.01. The van der Waals surface area contributed by atoms with Gasteiger partial charge in [-0.25, -0.2) is 4.98 Å². The molecule has 4 nitrogen and oxygen atoms in total. The van der Waals surface area contributed by atoms with E-state index in [1.165, 1.54) is 0 Å². The second-order valence-corrected chi connectivity index (χ2v) is 5.52. The zero-order valence-corrected chi connectivity index (χ0v) is 13.2. The molecular formula is C13H15BrN2O2S. The number of aromatic nitrogens is 1. The van der Waals surface area contributed by atoms with E-state index in [-0.39, 0.29) is 0 Å². The van der Waals surface area contributed by atoms with Crippen molar-refractivity contribution in [1.82, 2.24) is 4.98 Å². The maximum absolute atomic E-state index is 5.22. The highest BCUT2D eigenvalue weighted by Gasteiger charge is 2.07. The first-order chi connectivity index (χ1) is 9.24. The Kier molecular flexibility index (Phi) is 5.18. The number of methoxy groups -OCH3 is 2. The number of benzene rings is 1. The molecule has 1 N–H and O–H groups in total. The van der Waals surface area contributed by atoms with Crippen molar-refractivity contribution in [3.63, 3.8) is 0 Å². The first-order valence-corrected chi connectivity index (χ1v) is 7.44. The molecule has 19 heavy (non-hydrogen) atoms. The Bertz CT molecular complexity index is 545. The number of anilines is 1. The third-order valence-corrected chi connectivity index (χ3v) is 3.95. The molecule has 0 bridgehead atoms. The van der Waals surface area contributed by atoms with Gasteiger partial charge < -0.3 is 14.8 Å². The molecule has 2 aromatic rings. The fraction of sp³-hybridized carbons (Fsp3) is 0.308. The first-order valence-electron chi connectivity index (χ1n) is 5.77. The molecule has 1 heterocycles. The van der Waals surface area contributed by atoms with Gasteiger partial charge in [0.05, 0.1) is 23.9 Å². The van der Waals surface area contributed by atoms with E-state index in [0.717, 1.165) is 33.2 Å². The van der Waals surface area contributed by atoms with Crippen molar-refractivity contribution in [2.75, 3.05) is 32.7 Å². The normalized spacial score (nSPS) is 10.5. The second-order valence-electron chi connectivity index (χ2n) is 3.81. The summed E-state index contributed by atoms with van der Waals surface area (Å²) < 4.78 is 11.1. The molecule has 1 aromatic heterocycles. The molecule has 0 radical (unpaired) electrons. The van der Waals surface area contributed by atoms with Crippen LogP contribution in [0.5, 0.6) is 5.75 Å². The van der Waals surface area contributed by atoms with E-state index < -0.39 is 0 Å². The third kappa shape index (κ3) is 3.68. The van der Waals surface area contributed by atoms with Crippen molar-refractivity contribution in [1.29, 1.82) is 0 Å². The molecule has 0 atom stereocenters. The fourth-order valence-corrected chi connectivity index (χ4v) is 2.86. The number of ether oxygens (including phenoxy) is 2. The number of hydrogen-bond donors (Lipinski definition) is 1. The summed E-state index contributed by atoms with van der Waals surface area (Å²) in [6.07, 6.45) is 0. The van der Waals surface area contributed by atoms with Gasteiger partial charge in [0.2, 0.25) is 0 Å². The number of nitrogens with zero attached hydrogens (tertiary/aromatic N) is 1. The molecule has 0 aliphatic rings. The van der Waals surface area contributed by atoms with Gasteiger partial charge in [0.15, 0.2) is 5.13 Å². The van der Waals surface area contributed by atoms with Crippen LogP contribution >= 0.6 is 27.3 Å². The molecule has 0 aliphatic heterocycles. The van der Waals surface area contributed by atoms with Crippen molar-refractivity contribution in [3.8, 4) is 17.0 Å². The predicted octanol–water partition coefficient (Wildman–Crippen LogP) is 3.64. The van der Waals surface area contributed by atoms with Crippen molar-refractivity contribution in [2.45, 2.75) is 0 Å². The SMILES string of the molecule is COCCNc1nc(-c2ccc(OC)c(Br)c2)cs1. The standard InChI is InChI=1S/C13H15BrN2O2S/c1-17-6-5-15-13-16-11(8-19-13)9-3-4-12(18-2)10(14)7-9/h3-4,7-8H,5-6H2,1-2H3,(H,15,16). The smallest absolute Gasteiger partial charge is 0.183 e. The topological polar surface area (TPSA) is 43.4 Å². The average molecular weight is 343 g/mol. The maximum atomic E-state index is 5.22. The van der Waals surface area contributed by atoms with Crippen LogP contribution in [0.2, 0.25) is 0 Å². The number of hydrogen-bond acceptors (Lipinski definition) is 5. The van der Waals surface area contributed by atoms with E-state index in [0.29, 0.717) is 6.61 Å². The lowest BCUT2D eigenvalue weighted by atomic mass is 10.2. The van der Waals surface area contributed by atoms with Crippen molar-refractivity contribution in [2.24, 2.45) is 0 Å². The van der Waals surface area contributed by atoms with Crippen LogP contribution in [0.4, 0.5) is 5.13 Å². The first kappa shape index (κ1) is 14.3. The molecule has 0 aliphatic carbocycles. The molecule has 0 saturated heterocycles. The van der Waals surface area contributed by atoms with Crippen molar-refractivity contribution >= 4 is 32.4 Å². The summed E-state index contributed by atoms with van der Waals surface area (Å²) in [5.74, 6) is 0.817. The van der Waals surface area contributed by atoms with Gasteiger partial charge in [-0.1, -0.05) is 0 Å². The van der Waals surface area contributed by atoms with Gasteiger partial charge in [-0.15, -0.1) is 11.3 Å². The molecule has 0 unspecified atom stereocenters. The van der Waals surface area contributed by atoms with Crippen molar-refractivity contribution in [3.05, 3.63) is 28.1 Å². The van der Waals surface area contributed by atoms with E-state index in [1.807, 2.05) is 23.6 Å². The van der Waals surface area contributed by atoms with Crippen molar-refractivity contribution < 1.29 is 9.47 Å².